The fourth-order valence-corrected chi connectivity index (χ4v) is 3.09. The molecule has 0 aliphatic heterocycles. The van der Waals surface area contributed by atoms with Crippen LogP contribution in [0.4, 0.5) is 0 Å². The Labute approximate surface area is 110 Å². The van der Waals surface area contributed by atoms with Gasteiger partial charge in [0.15, 0.2) is 0 Å². The fourth-order valence-electron chi connectivity index (χ4n) is 3.09. The van der Waals surface area contributed by atoms with Gasteiger partial charge in [-0.25, -0.2) is 0 Å². The minimum atomic E-state index is 0.0838. The van der Waals surface area contributed by atoms with Crippen LogP contribution in [0.25, 0.3) is 0 Å². The summed E-state index contributed by atoms with van der Waals surface area (Å²) in [5, 5.41) is 0. The highest BCUT2D eigenvalue weighted by Crippen LogP contribution is 2.29. The molecule has 1 aliphatic rings. The van der Waals surface area contributed by atoms with E-state index in [0.717, 1.165) is 6.42 Å². The van der Waals surface area contributed by atoms with Crippen LogP contribution < -0.4 is 5.73 Å². The van der Waals surface area contributed by atoms with E-state index >= 15 is 0 Å². The smallest absolute Gasteiger partial charge is 0.0753 e. The number of nitrogens with zero attached hydrogens (tertiary/aromatic N) is 1. The molecule has 2 N–H and O–H groups in total. The average molecular weight is 248 g/mol. The van der Waals surface area contributed by atoms with Gasteiger partial charge in [0, 0.05) is 25.5 Å². The first-order valence-corrected chi connectivity index (χ1v) is 6.98. The summed E-state index contributed by atoms with van der Waals surface area (Å²) in [5.41, 5.74) is 7.59. The van der Waals surface area contributed by atoms with Crippen molar-refractivity contribution in [2.75, 3.05) is 7.11 Å². The number of pyridine rings is 1. The van der Waals surface area contributed by atoms with E-state index in [-0.39, 0.29) is 12.1 Å². The predicted molar refractivity (Wildman–Crippen MR) is 73.3 cm³/mol. The Morgan fingerprint density at radius 1 is 1.28 bits per heavy atom. The number of hydrogen-bond donors (Lipinski definition) is 1. The minimum Gasteiger partial charge on any atom is -0.380 e. The van der Waals surface area contributed by atoms with E-state index in [1.165, 1.54) is 37.7 Å². The van der Waals surface area contributed by atoms with Crippen LogP contribution >= 0.6 is 0 Å². The van der Waals surface area contributed by atoms with Crippen molar-refractivity contribution in [3.05, 3.63) is 30.1 Å². The lowest BCUT2D eigenvalue weighted by molar-refractivity contribution is 0.0179. The lowest BCUT2D eigenvalue weighted by atomic mass is 9.81. The van der Waals surface area contributed by atoms with Crippen molar-refractivity contribution in [3.8, 4) is 0 Å². The summed E-state index contributed by atoms with van der Waals surface area (Å²) in [7, 11) is 1.80. The van der Waals surface area contributed by atoms with Crippen molar-refractivity contribution in [2.24, 2.45) is 11.7 Å². The maximum absolute atomic E-state index is 6.35. The zero-order valence-corrected chi connectivity index (χ0v) is 11.2. The van der Waals surface area contributed by atoms with Crippen LogP contribution in [0.3, 0.4) is 0 Å². The second-order valence-electron chi connectivity index (χ2n) is 5.32. The second kappa shape index (κ2) is 6.86. The second-order valence-corrected chi connectivity index (χ2v) is 5.32. The fraction of sp³-hybridized carbons (Fsp3) is 0.667. The van der Waals surface area contributed by atoms with Crippen molar-refractivity contribution >= 4 is 0 Å². The molecule has 2 atom stereocenters. The summed E-state index contributed by atoms with van der Waals surface area (Å²) in [6.07, 6.45) is 11.3. The number of ether oxygens (including phenoxy) is 1. The standard InChI is InChI=1S/C15H24N2O/c1-18-15(13-5-3-2-4-6-13)14(16)11-12-7-9-17-10-8-12/h7-10,13-15H,2-6,11,16H2,1H3. The number of nitrogens with two attached hydrogens (primary N) is 1. The number of methoxy groups -OCH3 is 1. The van der Waals surface area contributed by atoms with Crippen LogP contribution in [-0.2, 0) is 11.2 Å². The molecule has 1 fully saturated rings. The Morgan fingerprint density at radius 2 is 1.94 bits per heavy atom. The van der Waals surface area contributed by atoms with E-state index in [9.17, 15) is 0 Å². The van der Waals surface area contributed by atoms with Crippen molar-refractivity contribution in [1.29, 1.82) is 0 Å². The maximum Gasteiger partial charge on any atom is 0.0753 e. The highest BCUT2D eigenvalue weighted by Gasteiger charge is 2.28. The van der Waals surface area contributed by atoms with Crippen molar-refractivity contribution < 1.29 is 4.74 Å². The summed E-state index contributed by atoms with van der Waals surface area (Å²) in [4.78, 5) is 4.04. The molecule has 1 aliphatic carbocycles. The molecule has 3 heteroatoms. The van der Waals surface area contributed by atoms with E-state index in [2.05, 4.69) is 4.98 Å². The van der Waals surface area contributed by atoms with Gasteiger partial charge in [-0.3, -0.25) is 4.98 Å². The van der Waals surface area contributed by atoms with Gasteiger partial charge in [0.05, 0.1) is 6.10 Å². The quantitative estimate of drug-likeness (QED) is 0.871. The first-order chi connectivity index (χ1) is 8.81. The van der Waals surface area contributed by atoms with Gasteiger partial charge in [0.2, 0.25) is 0 Å². The molecule has 0 radical (unpaired) electrons. The zero-order chi connectivity index (χ0) is 12.8. The molecule has 1 heterocycles. The third-order valence-electron chi connectivity index (χ3n) is 4.03. The molecule has 1 aromatic heterocycles. The van der Waals surface area contributed by atoms with Crippen molar-refractivity contribution in [3.63, 3.8) is 0 Å². The van der Waals surface area contributed by atoms with Gasteiger partial charge >= 0.3 is 0 Å². The predicted octanol–water partition coefficient (Wildman–Crippen LogP) is 2.55. The zero-order valence-electron chi connectivity index (χ0n) is 11.2. The van der Waals surface area contributed by atoms with Crippen LogP contribution in [-0.4, -0.2) is 24.2 Å². The van der Waals surface area contributed by atoms with E-state index in [1.54, 1.807) is 7.11 Å². The Kier molecular flexibility index (Phi) is 5.14. The molecule has 0 spiro atoms. The molecule has 2 rings (SSSR count). The molecular formula is C15H24N2O. The summed E-state index contributed by atoms with van der Waals surface area (Å²) in [6.45, 7) is 0. The molecule has 0 aromatic carbocycles. The highest BCUT2D eigenvalue weighted by molar-refractivity contribution is 5.12. The lowest BCUT2D eigenvalue weighted by Gasteiger charge is -2.33. The Bertz CT molecular complexity index is 336. The third kappa shape index (κ3) is 3.53. The molecule has 1 aromatic rings. The largest absolute Gasteiger partial charge is 0.380 e. The summed E-state index contributed by atoms with van der Waals surface area (Å²) in [6, 6.07) is 4.15. The summed E-state index contributed by atoms with van der Waals surface area (Å²) < 4.78 is 5.68. The minimum absolute atomic E-state index is 0.0838. The molecule has 100 valence electrons. The van der Waals surface area contributed by atoms with E-state index in [4.69, 9.17) is 10.5 Å². The van der Waals surface area contributed by atoms with E-state index < -0.39 is 0 Å². The van der Waals surface area contributed by atoms with E-state index in [1.807, 2.05) is 24.5 Å². The molecule has 3 nitrogen and oxygen atoms in total. The van der Waals surface area contributed by atoms with Crippen molar-refractivity contribution in [1.82, 2.24) is 4.98 Å². The topological polar surface area (TPSA) is 48.1 Å². The van der Waals surface area contributed by atoms with Gasteiger partial charge in [-0.05, 0) is 42.9 Å². The summed E-state index contributed by atoms with van der Waals surface area (Å²) >= 11 is 0. The number of rotatable bonds is 5. The number of aromatic nitrogens is 1. The lowest BCUT2D eigenvalue weighted by Crippen LogP contribution is -2.43. The average Bonchev–Trinajstić information content (AvgIpc) is 2.42. The number of hydrogen-bond acceptors (Lipinski definition) is 3. The van der Waals surface area contributed by atoms with E-state index in [0.29, 0.717) is 5.92 Å². The first-order valence-electron chi connectivity index (χ1n) is 6.98. The van der Waals surface area contributed by atoms with Crippen molar-refractivity contribution in [2.45, 2.75) is 50.7 Å². The van der Waals surface area contributed by atoms with Gasteiger partial charge in [0.1, 0.15) is 0 Å². The van der Waals surface area contributed by atoms with Crippen LogP contribution in [0, 0.1) is 5.92 Å². The molecule has 0 amide bonds. The SMILES string of the molecule is COC(C(N)Cc1ccncc1)C1CCCCC1. The Balaban J connectivity index is 1.94. The van der Waals surface area contributed by atoms with Crippen LogP contribution in [0.2, 0.25) is 0 Å². The first kappa shape index (κ1) is 13.5. The maximum atomic E-state index is 6.35. The van der Waals surface area contributed by atoms with Crippen LogP contribution in [0.15, 0.2) is 24.5 Å². The Hall–Kier alpha value is -0.930. The Morgan fingerprint density at radius 3 is 2.56 bits per heavy atom. The van der Waals surface area contributed by atoms with Gasteiger partial charge in [0.25, 0.3) is 0 Å². The monoisotopic (exact) mass is 248 g/mol. The van der Waals surface area contributed by atoms with Gasteiger partial charge in [-0.2, -0.15) is 0 Å². The van der Waals surface area contributed by atoms with Crippen LogP contribution in [0.1, 0.15) is 37.7 Å². The summed E-state index contributed by atoms with van der Waals surface area (Å²) in [5.74, 6) is 0.639. The van der Waals surface area contributed by atoms with Gasteiger partial charge in [-0.1, -0.05) is 19.3 Å². The van der Waals surface area contributed by atoms with Gasteiger partial charge < -0.3 is 10.5 Å². The van der Waals surface area contributed by atoms with Crippen LogP contribution in [0.5, 0.6) is 0 Å². The van der Waals surface area contributed by atoms with Gasteiger partial charge in [-0.15, -0.1) is 0 Å². The normalized spacial score (nSPS) is 20.6. The molecule has 0 bridgehead atoms. The highest BCUT2D eigenvalue weighted by atomic mass is 16.5. The third-order valence-corrected chi connectivity index (χ3v) is 4.03. The molecule has 1 saturated carbocycles. The molecule has 2 unspecified atom stereocenters. The molecule has 18 heavy (non-hydrogen) atoms. The molecular weight excluding hydrogens is 224 g/mol. The molecule has 0 saturated heterocycles.